The van der Waals surface area contributed by atoms with Crippen LogP contribution in [0.15, 0.2) is 39.3 Å². The summed E-state index contributed by atoms with van der Waals surface area (Å²) in [5.41, 5.74) is 0.555. The number of rotatable bonds is 4. The molecule has 1 heterocycles. The van der Waals surface area contributed by atoms with Gasteiger partial charge in [0.1, 0.15) is 17.1 Å². The van der Waals surface area contributed by atoms with Crippen molar-refractivity contribution in [3.8, 4) is 11.5 Å². The second kappa shape index (κ2) is 7.46. The Bertz CT molecular complexity index is 928. The van der Waals surface area contributed by atoms with E-state index in [0.29, 0.717) is 20.4 Å². The van der Waals surface area contributed by atoms with Crippen LogP contribution in [0.5, 0.6) is 11.5 Å². The predicted octanol–water partition coefficient (Wildman–Crippen LogP) is 3.29. The Morgan fingerprint density at radius 1 is 1.23 bits per heavy atom. The summed E-state index contributed by atoms with van der Waals surface area (Å²) in [6.45, 7) is -0.598. The average molecular weight is 485 g/mol. The lowest BCUT2D eigenvalue weighted by Crippen LogP contribution is -2.25. The molecule has 1 aliphatic rings. The minimum Gasteiger partial charge on any atom is -0.506 e. The van der Waals surface area contributed by atoms with E-state index in [1.165, 1.54) is 18.2 Å². The first-order valence-corrected chi connectivity index (χ1v) is 8.89. The molecule has 0 aromatic heterocycles. The van der Waals surface area contributed by atoms with E-state index < -0.39 is 18.4 Å². The van der Waals surface area contributed by atoms with Crippen LogP contribution >= 0.6 is 31.9 Å². The molecule has 2 aromatic rings. The molecule has 0 saturated heterocycles. The molecule has 3 rings (SSSR count). The summed E-state index contributed by atoms with van der Waals surface area (Å²) in [5.74, 6) is -1.44. The van der Waals surface area contributed by atoms with Crippen molar-refractivity contribution in [2.75, 3.05) is 18.5 Å². The first-order valence-electron chi connectivity index (χ1n) is 7.30. The maximum atomic E-state index is 12.3. The molecule has 0 aliphatic carbocycles. The highest BCUT2D eigenvalue weighted by atomic mass is 79.9. The van der Waals surface area contributed by atoms with Crippen LogP contribution in [-0.4, -0.2) is 36.0 Å². The number of hydrogen-bond acceptors (Lipinski definition) is 6. The van der Waals surface area contributed by atoms with Gasteiger partial charge in [-0.05, 0) is 46.3 Å². The lowest BCUT2D eigenvalue weighted by Gasteiger charge is -2.18. The van der Waals surface area contributed by atoms with Crippen molar-refractivity contribution in [3.05, 3.63) is 50.4 Å². The molecular weight excluding hydrogens is 474 g/mol. The van der Waals surface area contributed by atoms with Crippen LogP contribution in [0, 0.1) is 0 Å². The number of aromatic hydroxyl groups is 1. The Hall–Kier alpha value is -2.39. The zero-order chi connectivity index (χ0) is 18.8. The number of carbonyl (C=O) groups is 3. The first-order chi connectivity index (χ1) is 12.3. The van der Waals surface area contributed by atoms with Gasteiger partial charge in [0.25, 0.3) is 5.91 Å². The topological polar surface area (TPSA) is 102 Å². The van der Waals surface area contributed by atoms with Crippen LogP contribution in [0.4, 0.5) is 5.69 Å². The van der Waals surface area contributed by atoms with E-state index in [2.05, 4.69) is 37.2 Å². The van der Waals surface area contributed by atoms with Gasteiger partial charge in [0, 0.05) is 10.0 Å². The molecular formula is C17H11Br2NO6. The van der Waals surface area contributed by atoms with E-state index in [9.17, 15) is 19.5 Å². The summed E-state index contributed by atoms with van der Waals surface area (Å²) in [6, 6.07) is 7.48. The van der Waals surface area contributed by atoms with Crippen LogP contribution in [0.2, 0.25) is 0 Å². The van der Waals surface area contributed by atoms with Gasteiger partial charge in [-0.3, -0.25) is 9.59 Å². The van der Waals surface area contributed by atoms with Crippen molar-refractivity contribution in [3.63, 3.8) is 0 Å². The third-order valence-electron chi connectivity index (χ3n) is 3.52. The van der Waals surface area contributed by atoms with Crippen molar-refractivity contribution in [1.82, 2.24) is 0 Å². The second-order valence-electron chi connectivity index (χ2n) is 5.33. The predicted molar refractivity (Wildman–Crippen MR) is 98.7 cm³/mol. The zero-order valence-corrected chi connectivity index (χ0v) is 16.2. The second-order valence-corrected chi connectivity index (χ2v) is 7.10. The quantitative estimate of drug-likeness (QED) is 0.510. The Balaban J connectivity index is 1.70. The number of halogens is 2. The lowest BCUT2D eigenvalue weighted by molar-refractivity contribution is -0.118. The number of fused-ring (bicyclic) bond motifs is 1. The fourth-order valence-electron chi connectivity index (χ4n) is 2.27. The maximum Gasteiger partial charge on any atom is 0.342 e. The normalized spacial score (nSPS) is 12.6. The number of phenolic OH excluding ortho intramolecular Hbond substituents is 1. The molecule has 0 bridgehead atoms. The van der Waals surface area contributed by atoms with Crippen LogP contribution in [0.3, 0.4) is 0 Å². The highest BCUT2D eigenvalue weighted by Crippen LogP contribution is 2.32. The molecule has 2 aromatic carbocycles. The number of nitrogens with one attached hydrogen (secondary N) is 1. The molecule has 1 aliphatic heterocycles. The van der Waals surface area contributed by atoms with Crippen molar-refractivity contribution in [2.45, 2.75) is 0 Å². The smallest absolute Gasteiger partial charge is 0.342 e. The number of phenols is 1. The molecule has 2 N–H and O–H groups in total. The van der Waals surface area contributed by atoms with Crippen LogP contribution < -0.4 is 10.1 Å². The number of esters is 1. The minimum atomic E-state index is -0.840. The van der Waals surface area contributed by atoms with E-state index in [1.807, 2.05) is 0 Å². The molecule has 0 atom stereocenters. The van der Waals surface area contributed by atoms with Gasteiger partial charge in [-0.2, -0.15) is 0 Å². The van der Waals surface area contributed by atoms with Crippen LogP contribution in [-0.2, 0) is 9.53 Å². The summed E-state index contributed by atoms with van der Waals surface area (Å²) < 4.78 is 11.1. The highest BCUT2D eigenvalue weighted by Gasteiger charge is 2.20. The molecule has 134 valence electrons. The Morgan fingerprint density at radius 2 is 2.00 bits per heavy atom. The SMILES string of the molecule is O=C1COc2ccc(C(=O)COC(=O)c3cc(Br)cc(Br)c3O)cc2N1. The van der Waals surface area contributed by atoms with Crippen molar-refractivity contribution < 1.29 is 29.0 Å². The van der Waals surface area contributed by atoms with Gasteiger partial charge in [-0.1, -0.05) is 15.9 Å². The Morgan fingerprint density at radius 3 is 2.77 bits per heavy atom. The molecule has 1 amide bonds. The molecule has 0 unspecified atom stereocenters. The maximum absolute atomic E-state index is 12.3. The standard InChI is InChI=1S/C17H11Br2NO6/c18-9-4-10(16(23)11(19)5-9)17(24)26-6-13(21)8-1-2-14-12(3-8)20-15(22)7-25-14/h1-5,23H,6-7H2,(H,20,22). The Labute approximate surface area is 164 Å². The van der Waals surface area contributed by atoms with Gasteiger partial charge in [-0.25, -0.2) is 4.79 Å². The number of carbonyl (C=O) groups excluding carboxylic acids is 3. The van der Waals surface area contributed by atoms with Gasteiger partial charge in [0.2, 0.25) is 0 Å². The number of ether oxygens (including phenoxy) is 2. The lowest BCUT2D eigenvalue weighted by atomic mass is 10.1. The molecule has 26 heavy (non-hydrogen) atoms. The number of benzene rings is 2. The first kappa shape index (κ1) is 18.4. The summed E-state index contributed by atoms with van der Waals surface area (Å²) in [5, 5.41) is 12.5. The van der Waals surface area contributed by atoms with Crippen molar-refractivity contribution in [1.29, 1.82) is 0 Å². The largest absolute Gasteiger partial charge is 0.506 e. The average Bonchev–Trinajstić information content (AvgIpc) is 2.61. The van der Waals surface area contributed by atoms with Crippen LogP contribution in [0.25, 0.3) is 0 Å². The Kier molecular flexibility index (Phi) is 5.28. The van der Waals surface area contributed by atoms with E-state index in [4.69, 9.17) is 9.47 Å². The monoisotopic (exact) mass is 483 g/mol. The van der Waals surface area contributed by atoms with Gasteiger partial charge in [-0.15, -0.1) is 0 Å². The third kappa shape index (κ3) is 3.88. The molecule has 0 spiro atoms. The van der Waals surface area contributed by atoms with E-state index in [-0.39, 0.29) is 29.4 Å². The number of Topliss-reactive ketones (excluding diaryl/α,β-unsaturated/α-hetero) is 1. The third-order valence-corrected chi connectivity index (χ3v) is 4.58. The van der Waals surface area contributed by atoms with Gasteiger partial charge in [0.15, 0.2) is 19.0 Å². The van der Waals surface area contributed by atoms with Gasteiger partial charge >= 0.3 is 5.97 Å². The van der Waals surface area contributed by atoms with E-state index >= 15 is 0 Å². The van der Waals surface area contributed by atoms with Gasteiger partial charge < -0.3 is 19.9 Å². The molecule has 9 heteroatoms. The summed E-state index contributed by atoms with van der Waals surface area (Å²) in [4.78, 5) is 35.7. The fourth-order valence-corrected chi connectivity index (χ4v) is 3.50. The fraction of sp³-hybridized carbons (Fsp3) is 0.118. The molecule has 0 saturated carbocycles. The summed E-state index contributed by atoms with van der Waals surface area (Å²) >= 11 is 6.33. The number of amides is 1. The summed E-state index contributed by atoms with van der Waals surface area (Å²) in [6.07, 6.45) is 0. The summed E-state index contributed by atoms with van der Waals surface area (Å²) in [7, 11) is 0. The van der Waals surface area contributed by atoms with Crippen LogP contribution in [0.1, 0.15) is 20.7 Å². The van der Waals surface area contributed by atoms with Crippen molar-refractivity contribution >= 4 is 55.2 Å². The number of hydrogen-bond donors (Lipinski definition) is 2. The minimum absolute atomic E-state index is 0.0786. The number of anilines is 1. The highest BCUT2D eigenvalue weighted by molar-refractivity contribution is 9.11. The molecule has 0 radical (unpaired) electrons. The number of ketones is 1. The molecule has 7 nitrogen and oxygen atoms in total. The van der Waals surface area contributed by atoms with E-state index in [1.54, 1.807) is 12.1 Å². The molecule has 0 fully saturated rings. The van der Waals surface area contributed by atoms with Crippen molar-refractivity contribution in [2.24, 2.45) is 0 Å². The zero-order valence-electron chi connectivity index (χ0n) is 13.0. The van der Waals surface area contributed by atoms with Gasteiger partial charge in [0.05, 0.1) is 10.2 Å². The van der Waals surface area contributed by atoms with E-state index in [0.717, 1.165) is 0 Å².